The molecule has 8 heteroatoms. The Morgan fingerprint density at radius 3 is 2.58 bits per heavy atom. The Hall–Kier alpha value is -3.52. The van der Waals surface area contributed by atoms with Crippen LogP contribution in [-0.4, -0.2) is 51.8 Å². The van der Waals surface area contributed by atoms with Gasteiger partial charge in [-0.3, -0.25) is 19.8 Å². The molecule has 0 N–H and O–H groups in total. The number of hydrogen-bond donors (Lipinski definition) is 0. The maximum Gasteiger partial charge on any atom is 0.269 e. The summed E-state index contributed by atoms with van der Waals surface area (Å²) in [4.78, 5) is 31.5. The number of rotatable bonds is 7. The number of nitro groups is 1. The van der Waals surface area contributed by atoms with Crippen LogP contribution in [-0.2, 0) is 17.8 Å². The summed E-state index contributed by atoms with van der Waals surface area (Å²) in [5.41, 5.74) is 1.98. The molecule has 0 unspecified atom stereocenters. The molecule has 1 aromatic heterocycles. The normalized spacial score (nSPS) is 14.5. The Kier molecular flexibility index (Phi) is 6.37. The molecule has 1 amide bonds. The first kappa shape index (κ1) is 20.7. The molecule has 31 heavy (non-hydrogen) atoms. The van der Waals surface area contributed by atoms with E-state index in [9.17, 15) is 14.9 Å². The smallest absolute Gasteiger partial charge is 0.269 e. The molecule has 0 atom stereocenters. The van der Waals surface area contributed by atoms with Gasteiger partial charge in [-0.2, -0.15) is 0 Å². The van der Waals surface area contributed by atoms with Gasteiger partial charge in [0.05, 0.1) is 11.1 Å². The molecule has 1 aliphatic rings. The fourth-order valence-electron chi connectivity index (χ4n) is 3.72. The standard InChI is InChI=1S/C23H24N4O4/c28-23(10-9-22-24-16-21(31-22)19-6-2-1-3-7-19)26-13-11-25(12-14-26)17-18-5-4-8-20(15-18)27(29)30/h1-8,15-16H,9-14,17H2. The Morgan fingerprint density at radius 1 is 1.06 bits per heavy atom. The third kappa shape index (κ3) is 5.35. The van der Waals surface area contributed by atoms with Gasteiger partial charge in [0.1, 0.15) is 0 Å². The molecule has 4 rings (SSSR count). The van der Waals surface area contributed by atoms with Crippen molar-refractivity contribution < 1.29 is 14.1 Å². The maximum absolute atomic E-state index is 12.6. The van der Waals surface area contributed by atoms with Crippen LogP contribution in [0.4, 0.5) is 5.69 Å². The van der Waals surface area contributed by atoms with E-state index in [0.717, 1.165) is 24.2 Å². The van der Waals surface area contributed by atoms with E-state index < -0.39 is 0 Å². The molecule has 0 radical (unpaired) electrons. The SMILES string of the molecule is O=C(CCc1ncc(-c2ccccc2)o1)N1CCN(Cc2cccc([N+](=O)[O-])c2)CC1. The van der Waals surface area contributed by atoms with Crippen molar-refractivity contribution in [1.29, 1.82) is 0 Å². The second kappa shape index (κ2) is 9.53. The maximum atomic E-state index is 12.6. The summed E-state index contributed by atoms with van der Waals surface area (Å²) in [5, 5.41) is 10.9. The highest BCUT2D eigenvalue weighted by atomic mass is 16.6. The summed E-state index contributed by atoms with van der Waals surface area (Å²) < 4.78 is 5.78. The minimum Gasteiger partial charge on any atom is -0.441 e. The lowest BCUT2D eigenvalue weighted by Gasteiger charge is -2.34. The lowest BCUT2D eigenvalue weighted by molar-refractivity contribution is -0.384. The Labute approximate surface area is 180 Å². The summed E-state index contributed by atoms with van der Waals surface area (Å²) >= 11 is 0. The van der Waals surface area contributed by atoms with Gasteiger partial charge in [-0.25, -0.2) is 4.98 Å². The van der Waals surface area contributed by atoms with Gasteiger partial charge in [0, 0.05) is 63.3 Å². The molecule has 1 aliphatic heterocycles. The van der Waals surface area contributed by atoms with E-state index in [2.05, 4.69) is 9.88 Å². The van der Waals surface area contributed by atoms with Crippen molar-refractivity contribution in [2.75, 3.05) is 26.2 Å². The van der Waals surface area contributed by atoms with Crippen LogP contribution in [0.25, 0.3) is 11.3 Å². The van der Waals surface area contributed by atoms with E-state index in [1.807, 2.05) is 41.3 Å². The lowest BCUT2D eigenvalue weighted by atomic mass is 10.1. The van der Waals surface area contributed by atoms with Gasteiger partial charge in [0.25, 0.3) is 5.69 Å². The molecule has 0 spiro atoms. The molecule has 3 aromatic rings. The van der Waals surface area contributed by atoms with Gasteiger partial charge in [0.15, 0.2) is 11.7 Å². The average molecular weight is 420 g/mol. The zero-order chi connectivity index (χ0) is 21.6. The van der Waals surface area contributed by atoms with Gasteiger partial charge in [-0.05, 0) is 5.56 Å². The fourth-order valence-corrected chi connectivity index (χ4v) is 3.72. The van der Waals surface area contributed by atoms with Crippen LogP contribution >= 0.6 is 0 Å². The predicted molar refractivity (Wildman–Crippen MR) is 115 cm³/mol. The predicted octanol–water partition coefficient (Wildman–Crippen LogP) is 3.53. The molecule has 1 fully saturated rings. The van der Waals surface area contributed by atoms with Gasteiger partial charge in [0.2, 0.25) is 5.91 Å². The summed E-state index contributed by atoms with van der Waals surface area (Å²) in [6.07, 6.45) is 2.53. The molecule has 1 saturated heterocycles. The number of benzene rings is 2. The number of aryl methyl sites for hydroxylation is 1. The number of piperazine rings is 1. The van der Waals surface area contributed by atoms with Crippen LogP contribution in [0.3, 0.4) is 0 Å². The average Bonchev–Trinajstić information content (AvgIpc) is 3.28. The molecule has 2 aromatic carbocycles. The van der Waals surface area contributed by atoms with Crippen molar-refractivity contribution in [1.82, 2.24) is 14.8 Å². The Bertz CT molecular complexity index is 1040. The van der Waals surface area contributed by atoms with Crippen LogP contribution in [0.5, 0.6) is 0 Å². The zero-order valence-electron chi connectivity index (χ0n) is 17.1. The zero-order valence-corrected chi connectivity index (χ0v) is 17.1. The van der Waals surface area contributed by atoms with Crippen molar-refractivity contribution in [3.8, 4) is 11.3 Å². The van der Waals surface area contributed by atoms with E-state index in [1.54, 1.807) is 18.3 Å². The van der Waals surface area contributed by atoms with Gasteiger partial charge < -0.3 is 9.32 Å². The summed E-state index contributed by atoms with van der Waals surface area (Å²) in [7, 11) is 0. The van der Waals surface area contributed by atoms with Crippen molar-refractivity contribution in [3.05, 3.63) is 82.4 Å². The first-order valence-corrected chi connectivity index (χ1v) is 10.3. The number of carbonyl (C=O) groups is 1. The number of amides is 1. The molecule has 0 aliphatic carbocycles. The largest absolute Gasteiger partial charge is 0.441 e. The first-order chi connectivity index (χ1) is 15.1. The minimum absolute atomic E-state index is 0.0921. The number of nitrogens with zero attached hydrogens (tertiary/aromatic N) is 4. The van der Waals surface area contributed by atoms with Crippen LogP contribution in [0.15, 0.2) is 65.2 Å². The van der Waals surface area contributed by atoms with Gasteiger partial charge >= 0.3 is 0 Å². The van der Waals surface area contributed by atoms with Crippen LogP contribution < -0.4 is 0 Å². The molecule has 160 valence electrons. The van der Waals surface area contributed by atoms with Gasteiger partial charge in [-0.1, -0.05) is 42.5 Å². The highest BCUT2D eigenvalue weighted by Crippen LogP contribution is 2.21. The molecule has 2 heterocycles. The number of nitro benzene ring substituents is 1. The number of non-ortho nitro benzene ring substituents is 1. The topological polar surface area (TPSA) is 92.7 Å². The second-order valence-electron chi connectivity index (χ2n) is 7.57. The van der Waals surface area contributed by atoms with Crippen molar-refractivity contribution in [2.45, 2.75) is 19.4 Å². The van der Waals surface area contributed by atoms with E-state index in [0.29, 0.717) is 44.1 Å². The van der Waals surface area contributed by atoms with Crippen LogP contribution in [0.1, 0.15) is 17.9 Å². The second-order valence-corrected chi connectivity index (χ2v) is 7.57. The number of oxazole rings is 1. The molecular formula is C23H24N4O4. The third-order valence-corrected chi connectivity index (χ3v) is 5.42. The summed E-state index contributed by atoms with van der Waals surface area (Å²) in [5.74, 6) is 1.36. The van der Waals surface area contributed by atoms with Crippen molar-refractivity contribution >= 4 is 11.6 Å². The highest BCUT2D eigenvalue weighted by molar-refractivity contribution is 5.76. The van der Waals surface area contributed by atoms with Gasteiger partial charge in [-0.15, -0.1) is 0 Å². The number of hydrogen-bond acceptors (Lipinski definition) is 6. The van der Waals surface area contributed by atoms with Crippen molar-refractivity contribution in [2.24, 2.45) is 0 Å². The molecule has 0 bridgehead atoms. The van der Waals surface area contributed by atoms with E-state index >= 15 is 0 Å². The first-order valence-electron chi connectivity index (χ1n) is 10.3. The summed E-state index contributed by atoms with van der Waals surface area (Å²) in [6.45, 7) is 3.42. The quantitative estimate of drug-likeness (QED) is 0.429. The third-order valence-electron chi connectivity index (χ3n) is 5.42. The van der Waals surface area contributed by atoms with Crippen LogP contribution in [0.2, 0.25) is 0 Å². The minimum atomic E-state index is -0.378. The lowest BCUT2D eigenvalue weighted by Crippen LogP contribution is -2.48. The van der Waals surface area contributed by atoms with E-state index in [4.69, 9.17) is 4.42 Å². The Balaban J connectivity index is 1.24. The Morgan fingerprint density at radius 2 is 1.84 bits per heavy atom. The van der Waals surface area contributed by atoms with E-state index in [-0.39, 0.29) is 16.5 Å². The summed E-state index contributed by atoms with van der Waals surface area (Å²) in [6, 6.07) is 16.5. The molecule has 8 nitrogen and oxygen atoms in total. The fraction of sp³-hybridized carbons (Fsp3) is 0.304. The van der Waals surface area contributed by atoms with Crippen molar-refractivity contribution in [3.63, 3.8) is 0 Å². The number of carbonyl (C=O) groups excluding carboxylic acids is 1. The number of aromatic nitrogens is 1. The van der Waals surface area contributed by atoms with E-state index in [1.165, 1.54) is 6.07 Å². The monoisotopic (exact) mass is 420 g/mol. The molecule has 0 saturated carbocycles. The van der Waals surface area contributed by atoms with Crippen LogP contribution in [0, 0.1) is 10.1 Å². The highest BCUT2D eigenvalue weighted by Gasteiger charge is 2.22. The molecular weight excluding hydrogens is 396 g/mol.